The Hall–Kier alpha value is -1.41. The van der Waals surface area contributed by atoms with E-state index in [9.17, 15) is 15.2 Å². The van der Waals surface area contributed by atoms with E-state index in [0.717, 1.165) is 25.9 Å². The van der Waals surface area contributed by atoms with Gasteiger partial charge in [-0.3, -0.25) is 10.1 Å². The van der Waals surface area contributed by atoms with Crippen LogP contribution in [0.1, 0.15) is 19.8 Å². The zero-order chi connectivity index (χ0) is 18.2. The number of nitro benzene ring substituents is 1. The predicted molar refractivity (Wildman–Crippen MR) is 97.6 cm³/mol. The van der Waals surface area contributed by atoms with Gasteiger partial charge in [-0.1, -0.05) is 24.9 Å². The van der Waals surface area contributed by atoms with Gasteiger partial charge < -0.3 is 19.6 Å². The molecular formula is C17H27ClN3O4+. The van der Waals surface area contributed by atoms with E-state index in [0.29, 0.717) is 43.6 Å². The lowest BCUT2D eigenvalue weighted by molar-refractivity contribution is -0.903. The van der Waals surface area contributed by atoms with Gasteiger partial charge in [0.15, 0.2) is 0 Å². The minimum atomic E-state index is -0.469. The molecule has 8 heteroatoms. The van der Waals surface area contributed by atoms with Crippen molar-refractivity contribution >= 4 is 23.0 Å². The number of anilines is 1. The Labute approximate surface area is 153 Å². The fourth-order valence-corrected chi connectivity index (χ4v) is 3.20. The van der Waals surface area contributed by atoms with E-state index in [1.807, 2.05) is 4.90 Å². The third-order valence-corrected chi connectivity index (χ3v) is 4.66. The van der Waals surface area contributed by atoms with Crippen LogP contribution in [-0.2, 0) is 4.74 Å². The normalized spacial score (nSPS) is 16.8. The number of aliphatic hydroxyl groups is 1. The van der Waals surface area contributed by atoms with Crippen molar-refractivity contribution in [2.45, 2.75) is 25.9 Å². The van der Waals surface area contributed by atoms with E-state index in [4.69, 9.17) is 16.3 Å². The summed E-state index contributed by atoms with van der Waals surface area (Å²) in [4.78, 5) is 14.2. The molecule has 1 saturated heterocycles. The molecule has 1 aliphatic rings. The van der Waals surface area contributed by atoms with Crippen LogP contribution in [0.25, 0.3) is 0 Å². The SMILES string of the molecule is CCCCOCC(O)C[NH+]1CCN(c2ccc(Cl)cc2[N+](=O)[O-])CC1. The third-order valence-electron chi connectivity index (χ3n) is 4.42. The summed E-state index contributed by atoms with van der Waals surface area (Å²) in [5.41, 5.74) is 0.650. The van der Waals surface area contributed by atoms with Crippen molar-refractivity contribution in [1.82, 2.24) is 0 Å². The number of quaternary nitrogens is 1. The smallest absolute Gasteiger partial charge is 0.294 e. The first-order chi connectivity index (χ1) is 12.0. The van der Waals surface area contributed by atoms with Gasteiger partial charge in [-0.2, -0.15) is 0 Å². The minimum absolute atomic E-state index is 0.0420. The summed E-state index contributed by atoms with van der Waals surface area (Å²) in [7, 11) is 0. The predicted octanol–water partition coefficient (Wildman–Crippen LogP) is 1.13. The van der Waals surface area contributed by atoms with E-state index in [1.54, 1.807) is 12.1 Å². The summed E-state index contributed by atoms with van der Waals surface area (Å²) in [6.07, 6.45) is 1.63. The summed E-state index contributed by atoms with van der Waals surface area (Å²) >= 11 is 5.87. The van der Waals surface area contributed by atoms with Crippen molar-refractivity contribution in [3.8, 4) is 0 Å². The van der Waals surface area contributed by atoms with Crippen LogP contribution in [0, 0.1) is 10.1 Å². The van der Waals surface area contributed by atoms with Crippen molar-refractivity contribution in [3.63, 3.8) is 0 Å². The number of nitrogens with zero attached hydrogens (tertiary/aromatic N) is 2. The second-order valence-corrected chi connectivity index (χ2v) is 6.85. The number of halogens is 1. The Morgan fingerprint density at radius 1 is 1.44 bits per heavy atom. The lowest BCUT2D eigenvalue weighted by Gasteiger charge is -2.34. The van der Waals surface area contributed by atoms with Gasteiger partial charge in [0.25, 0.3) is 5.69 Å². The Balaban J connectivity index is 1.83. The summed E-state index contributed by atoms with van der Waals surface area (Å²) in [5, 5.41) is 21.7. The third kappa shape index (κ3) is 6.11. The van der Waals surface area contributed by atoms with Crippen molar-refractivity contribution in [3.05, 3.63) is 33.3 Å². The highest BCUT2D eigenvalue weighted by molar-refractivity contribution is 6.30. The van der Waals surface area contributed by atoms with Gasteiger partial charge in [0, 0.05) is 17.7 Å². The van der Waals surface area contributed by atoms with Gasteiger partial charge in [-0.15, -0.1) is 0 Å². The quantitative estimate of drug-likeness (QED) is 0.386. The average molecular weight is 373 g/mol. The van der Waals surface area contributed by atoms with Gasteiger partial charge in [0.05, 0.1) is 37.7 Å². The molecule has 0 amide bonds. The number of nitrogens with one attached hydrogen (secondary N) is 1. The van der Waals surface area contributed by atoms with Crippen LogP contribution in [0.5, 0.6) is 0 Å². The molecule has 0 saturated carbocycles. The number of nitro groups is 1. The van der Waals surface area contributed by atoms with Gasteiger partial charge >= 0.3 is 0 Å². The molecule has 0 aliphatic carbocycles. The maximum Gasteiger partial charge on any atom is 0.294 e. The number of hydrogen-bond donors (Lipinski definition) is 2. The van der Waals surface area contributed by atoms with E-state index in [2.05, 4.69) is 6.92 Å². The molecule has 1 atom stereocenters. The second-order valence-electron chi connectivity index (χ2n) is 6.41. The van der Waals surface area contributed by atoms with Crippen LogP contribution in [-0.4, -0.2) is 62.1 Å². The molecule has 1 aliphatic heterocycles. The van der Waals surface area contributed by atoms with Crippen LogP contribution < -0.4 is 9.80 Å². The van der Waals surface area contributed by atoms with Crippen LogP contribution in [0.15, 0.2) is 18.2 Å². The lowest BCUT2D eigenvalue weighted by atomic mass is 10.2. The topological polar surface area (TPSA) is 80.3 Å². The highest BCUT2D eigenvalue weighted by atomic mass is 35.5. The number of unbranched alkanes of at least 4 members (excludes halogenated alkanes) is 1. The first-order valence-electron chi connectivity index (χ1n) is 8.79. The molecule has 1 aromatic carbocycles. The monoisotopic (exact) mass is 372 g/mol. The number of ether oxygens (including phenoxy) is 1. The Bertz CT molecular complexity index is 565. The largest absolute Gasteiger partial charge is 0.385 e. The molecular weight excluding hydrogens is 346 g/mol. The molecule has 2 N–H and O–H groups in total. The van der Waals surface area contributed by atoms with Crippen molar-refractivity contribution in [2.75, 3.05) is 50.8 Å². The molecule has 1 unspecified atom stereocenters. The molecule has 25 heavy (non-hydrogen) atoms. The van der Waals surface area contributed by atoms with Crippen molar-refractivity contribution < 1.29 is 19.7 Å². The highest BCUT2D eigenvalue weighted by Crippen LogP contribution is 2.30. The standard InChI is InChI=1S/C17H26ClN3O4/c1-2-3-10-25-13-15(22)12-19-6-8-20(9-7-19)16-5-4-14(18)11-17(16)21(23)24/h4-5,11,15,22H,2-3,6-10,12-13H2,1H3/p+1. The second kappa shape index (κ2) is 9.91. The van der Waals surface area contributed by atoms with Gasteiger partial charge in [-0.05, 0) is 18.6 Å². The molecule has 0 aromatic heterocycles. The maximum atomic E-state index is 11.2. The molecule has 140 valence electrons. The maximum absolute atomic E-state index is 11.2. The molecule has 0 radical (unpaired) electrons. The van der Waals surface area contributed by atoms with Gasteiger partial charge in [0.1, 0.15) is 18.3 Å². The number of hydrogen-bond acceptors (Lipinski definition) is 5. The van der Waals surface area contributed by atoms with Crippen LogP contribution in [0.4, 0.5) is 11.4 Å². The molecule has 7 nitrogen and oxygen atoms in total. The molecule has 2 rings (SSSR count). The molecule has 1 aromatic rings. The summed E-state index contributed by atoms with van der Waals surface area (Å²) in [5.74, 6) is 0. The molecule has 1 fully saturated rings. The lowest BCUT2D eigenvalue weighted by Crippen LogP contribution is -3.16. The van der Waals surface area contributed by atoms with Gasteiger partial charge in [-0.25, -0.2) is 0 Å². The summed E-state index contributed by atoms with van der Waals surface area (Å²) in [6, 6.07) is 4.79. The number of piperazine rings is 1. The zero-order valence-electron chi connectivity index (χ0n) is 14.6. The zero-order valence-corrected chi connectivity index (χ0v) is 15.4. The first kappa shape index (κ1) is 19.9. The Morgan fingerprint density at radius 3 is 2.80 bits per heavy atom. The molecule has 1 heterocycles. The summed E-state index contributed by atoms with van der Waals surface area (Å²) < 4.78 is 5.46. The number of aliphatic hydroxyl groups excluding tert-OH is 1. The first-order valence-corrected chi connectivity index (χ1v) is 9.17. The van der Waals surface area contributed by atoms with Crippen LogP contribution >= 0.6 is 11.6 Å². The van der Waals surface area contributed by atoms with E-state index in [-0.39, 0.29) is 5.69 Å². The summed E-state index contributed by atoms with van der Waals surface area (Å²) in [6.45, 7) is 6.88. The van der Waals surface area contributed by atoms with E-state index < -0.39 is 11.0 Å². The van der Waals surface area contributed by atoms with E-state index >= 15 is 0 Å². The average Bonchev–Trinajstić information content (AvgIpc) is 2.59. The minimum Gasteiger partial charge on any atom is -0.385 e. The van der Waals surface area contributed by atoms with Crippen LogP contribution in [0.2, 0.25) is 5.02 Å². The fraction of sp³-hybridized carbons (Fsp3) is 0.647. The number of benzene rings is 1. The fourth-order valence-electron chi connectivity index (χ4n) is 3.04. The molecule has 0 bridgehead atoms. The van der Waals surface area contributed by atoms with Gasteiger partial charge in [0.2, 0.25) is 0 Å². The highest BCUT2D eigenvalue weighted by Gasteiger charge is 2.26. The Kier molecular flexibility index (Phi) is 7.90. The van der Waals surface area contributed by atoms with E-state index in [1.165, 1.54) is 11.0 Å². The van der Waals surface area contributed by atoms with Crippen LogP contribution in [0.3, 0.4) is 0 Å². The molecule has 0 spiro atoms. The Morgan fingerprint density at radius 2 is 2.16 bits per heavy atom. The number of rotatable bonds is 9. The van der Waals surface area contributed by atoms with Crippen molar-refractivity contribution in [2.24, 2.45) is 0 Å². The van der Waals surface area contributed by atoms with Crippen molar-refractivity contribution in [1.29, 1.82) is 0 Å².